The molecule has 0 aromatic rings. The monoisotopic (exact) mass is 180 g/mol. The molecule has 13 heavy (non-hydrogen) atoms. The zero-order valence-electron chi connectivity index (χ0n) is 6.98. The fourth-order valence-electron chi connectivity index (χ4n) is 1.47. The first kappa shape index (κ1) is 7.92. The summed E-state index contributed by atoms with van der Waals surface area (Å²) in [6, 6.07) is 1.89. The Morgan fingerprint density at radius 2 is 2.38 bits per heavy atom. The molecule has 1 N–H and O–H groups in total. The van der Waals surface area contributed by atoms with Gasteiger partial charge in [0.15, 0.2) is 11.9 Å². The van der Waals surface area contributed by atoms with Crippen molar-refractivity contribution in [3.63, 3.8) is 0 Å². The molecule has 0 aromatic heterocycles. The fourth-order valence-corrected chi connectivity index (χ4v) is 1.47. The quantitative estimate of drug-likeness (QED) is 0.589. The molecule has 0 aromatic carbocycles. The van der Waals surface area contributed by atoms with E-state index in [0.29, 0.717) is 0 Å². The largest absolute Gasteiger partial charge is 0.457 e. The van der Waals surface area contributed by atoms with Crippen LogP contribution in [0, 0.1) is 17.2 Å². The highest BCUT2D eigenvalue weighted by Gasteiger charge is 2.42. The molecule has 5 heteroatoms. The highest BCUT2D eigenvalue weighted by molar-refractivity contribution is 5.70. The maximum absolute atomic E-state index is 10.8. The van der Waals surface area contributed by atoms with E-state index in [2.05, 4.69) is 5.32 Å². The number of carbonyl (C=O) groups is 1. The third kappa shape index (κ3) is 1.20. The highest BCUT2D eigenvalue weighted by atomic mass is 16.6. The zero-order chi connectivity index (χ0) is 9.42. The van der Waals surface area contributed by atoms with Crippen LogP contribution in [0.2, 0.25) is 0 Å². The van der Waals surface area contributed by atoms with Gasteiger partial charge in [-0.1, -0.05) is 6.92 Å². The minimum absolute atomic E-state index is 0.00681. The lowest BCUT2D eigenvalue weighted by Gasteiger charge is -2.25. The molecule has 2 aliphatic heterocycles. The number of hydrogen-bond donors (Lipinski definition) is 1. The highest BCUT2D eigenvalue weighted by Crippen LogP contribution is 2.26. The Balaban J connectivity index is 2.22. The van der Waals surface area contributed by atoms with Crippen LogP contribution in [0.3, 0.4) is 0 Å². The smallest absolute Gasteiger partial charge is 0.410 e. The summed E-state index contributed by atoms with van der Waals surface area (Å²) in [7, 11) is 0. The number of carbonyl (C=O) groups excluding carboxylic acids is 1. The van der Waals surface area contributed by atoms with Crippen LogP contribution in [-0.4, -0.2) is 18.4 Å². The molecule has 68 valence electrons. The van der Waals surface area contributed by atoms with Crippen LogP contribution in [0.1, 0.15) is 6.92 Å². The zero-order valence-corrected chi connectivity index (χ0v) is 6.98. The molecule has 3 atom stereocenters. The molecule has 0 aliphatic carbocycles. The van der Waals surface area contributed by atoms with Crippen molar-refractivity contribution < 1.29 is 14.3 Å². The van der Waals surface area contributed by atoms with Gasteiger partial charge < -0.3 is 9.47 Å². The Morgan fingerprint density at radius 1 is 1.62 bits per heavy atom. The number of fused-ring (bicyclic) bond motifs is 1. The Kier molecular flexibility index (Phi) is 1.62. The molecule has 2 heterocycles. The van der Waals surface area contributed by atoms with E-state index in [0.717, 1.165) is 0 Å². The van der Waals surface area contributed by atoms with Crippen LogP contribution < -0.4 is 5.32 Å². The summed E-state index contributed by atoms with van der Waals surface area (Å²) in [5.74, 6) is 0.242. The van der Waals surface area contributed by atoms with Crippen LogP contribution in [0.25, 0.3) is 0 Å². The SMILES string of the molecule is C[C@H]1C=C(C#N)O[C@@H]2NC(=O)O[C@H]12. The van der Waals surface area contributed by atoms with Crippen LogP contribution >= 0.6 is 0 Å². The van der Waals surface area contributed by atoms with Crippen LogP contribution in [-0.2, 0) is 9.47 Å². The first-order valence-corrected chi connectivity index (χ1v) is 3.96. The van der Waals surface area contributed by atoms with Crippen LogP contribution in [0.5, 0.6) is 0 Å². The second-order valence-corrected chi connectivity index (χ2v) is 3.05. The van der Waals surface area contributed by atoms with E-state index in [1.165, 1.54) is 0 Å². The number of nitrogens with one attached hydrogen (secondary N) is 1. The van der Waals surface area contributed by atoms with E-state index >= 15 is 0 Å². The second-order valence-electron chi connectivity index (χ2n) is 3.05. The normalized spacial score (nSPS) is 36.2. The Labute approximate surface area is 74.9 Å². The molecule has 1 saturated heterocycles. The summed E-state index contributed by atoms with van der Waals surface area (Å²) >= 11 is 0. The number of alkyl carbamates (subject to hydrolysis) is 1. The van der Waals surface area contributed by atoms with Gasteiger partial charge in [-0.15, -0.1) is 0 Å². The van der Waals surface area contributed by atoms with Crippen molar-refractivity contribution >= 4 is 6.09 Å². The van der Waals surface area contributed by atoms with Gasteiger partial charge in [0, 0.05) is 5.92 Å². The van der Waals surface area contributed by atoms with Crippen molar-refractivity contribution in [1.82, 2.24) is 5.32 Å². The first-order valence-electron chi connectivity index (χ1n) is 3.96. The summed E-state index contributed by atoms with van der Waals surface area (Å²) in [5.41, 5.74) is 0. The molecule has 0 bridgehead atoms. The fraction of sp³-hybridized carbons (Fsp3) is 0.500. The number of nitriles is 1. The number of ether oxygens (including phenoxy) is 2. The number of nitrogens with zero attached hydrogens (tertiary/aromatic N) is 1. The molecule has 2 aliphatic rings. The van der Waals surface area contributed by atoms with E-state index in [4.69, 9.17) is 14.7 Å². The van der Waals surface area contributed by atoms with Gasteiger partial charge in [-0.25, -0.2) is 4.79 Å². The number of allylic oxidation sites excluding steroid dienone is 1. The third-order valence-electron chi connectivity index (χ3n) is 2.10. The lowest BCUT2D eigenvalue weighted by molar-refractivity contribution is 0.000405. The average molecular weight is 180 g/mol. The van der Waals surface area contributed by atoms with Crippen LogP contribution in [0.15, 0.2) is 11.8 Å². The van der Waals surface area contributed by atoms with Gasteiger partial charge in [-0.3, -0.25) is 5.32 Å². The Hall–Kier alpha value is -1.70. The summed E-state index contributed by atoms with van der Waals surface area (Å²) < 4.78 is 10.1. The maximum atomic E-state index is 10.8. The molecule has 1 fully saturated rings. The third-order valence-corrected chi connectivity index (χ3v) is 2.10. The molecular weight excluding hydrogens is 172 g/mol. The number of rotatable bonds is 0. The van der Waals surface area contributed by atoms with E-state index in [-0.39, 0.29) is 17.8 Å². The molecule has 1 amide bonds. The van der Waals surface area contributed by atoms with Gasteiger partial charge in [0.1, 0.15) is 6.07 Å². The standard InChI is InChI=1S/C8H8N2O3/c1-4-2-5(3-9)12-7-6(4)13-8(11)10-7/h2,4,6-7H,1H3,(H,10,11)/t4-,6+,7-/m0/s1. The summed E-state index contributed by atoms with van der Waals surface area (Å²) in [5, 5.41) is 11.1. The summed E-state index contributed by atoms with van der Waals surface area (Å²) in [6.07, 6.45) is 0.336. The van der Waals surface area contributed by atoms with Crippen molar-refractivity contribution in [2.24, 2.45) is 5.92 Å². The number of amides is 1. The first-order chi connectivity index (χ1) is 6.20. The molecular formula is C8H8N2O3. The number of hydrogen-bond acceptors (Lipinski definition) is 4. The van der Waals surface area contributed by atoms with Gasteiger partial charge in [0.05, 0.1) is 0 Å². The van der Waals surface area contributed by atoms with Crippen LogP contribution in [0.4, 0.5) is 4.79 Å². The van der Waals surface area contributed by atoms with E-state index in [1.807, 2.05) is 13.0 Å². The molecule has 2 rings (SSSR count). The maximum Gasteiger partial charge on any atom is 0.410 e. The summed E-state index contributed by atoms with van der Waals surface area (Å²) in [4.78, 5) is 10.8. The lowest BCUT2D eigenvalue weighted by Crippen LogP contribution is -2.39. The van der Waals surface area contributed by atoms with Gasteiger partial charge >= 0.3 is 6.09 Å². The van der Waals surface area contributed by atoms with Gasteiger partial charge in [-0.2, -0.15) is 5.26 Å². The van der Waals surface area contributed by atoms with Crippen molar-refractivity contribution in [1.29, 1.82) is 5.26 Å². The van der Waals surface area contributed by atoms with E-state index in [1.54, 1.807) is 6.08 Å². The van der Waals surface area contributed by atoms with Gasteiger partial charge in [-0.05, 0) is 6.08 Å². The van der Waals surface area contributed by atoms with Gasteiger partial charge in [0.25, 0.3) is 0 Å². The molecule has 0 unspecified atom stereocenters. The molecule has 0 radical (unpaired) electrons. The van der Waals surface area contributed by atoms with Crippen molar-refractivity contribution in [2.45, 2.75) is 19.3 Å². The van der Waals surface area contributed by atoms with Crippen molar-refractivity contribution in [3.05, 3.63) is 11.8 Å². The summed E-state index contributed by atoms with van der Waals surface area (Å²) in [6.45, 7) is 1.87. The Morgan fingerprint density at radius 3 is 3.08 bits per heavy atom. The van der Waals surface area contributed by atoms with Gasteiger partial charge in [0.2, 0.25) is 6.23 Å². The minimum Gasteiger partial charge on any atom is -0.457 e. The predicted octanol–water partition coefficient (Wildman–Crippen LogP) is 0.495. The van der Waals surface area contributed by atoms with E-state index < -0.39 is 12.3 Å². The second kappa shape index (κ2) is 2.66. The average Bonchev–Trinajstić information content (AvgIpc) is 2.46. The predicted molar refractivity (Wildman–Crippen MR) is 41.1 cm³/mol. The minimum atomic E-state index is -0.512. The van der Waals surface area contributed by atoms with Crippen molar-refractivity contribution in [2.75, 3.05) is 0 Å². The van der Waals surface area contributed by atoms with E-state index in [9.17, 15) is 4.79 Å². The Bertz CT molecular complexity index is 318. The topological polar surface area (TPSA) is 71.3 Å². The molecule has 0 saturated carbocycles. The molecule has 5 nitrogen and oxygen atoms in total. The van der Waals surface area contributed by atoms with Crippen molar-refractivity contribution in [3.8, 4) is 6.07 Å². The molecule has 0 spiro atoms. The lowest BCUT2D eigenvalue weighted by atomic mass is 10.0.